The van der Waals surface area contributed by atoms with E-state index in [0.29, 0.717) is 82.1 Å². The van der Waals surface area contributed by atoms with Gasteiger partial charge in [-0.15, -0.1) is 24.0 Å². The summed E-state index contributed by atoms with van der Waals surface area (Å²) in [7, 11) is 0. The SMILES string of the molecule is CCC[C@@H](C)C1CCC2C3C(=O)C[C@@H]4C[C@H](O)CC[C@]4(C)C3CC[C@@]21C.C[C@H](CCC(=O)O)C1CCC2C3C(=O)C[C@@H]4C[C@H](O)CC[C@]4(C)C3CC[C@@]21C.I.II. The van der Waals surface area contributed by atoms with E-state index in [1.54, 1.807) is 0 Å². The van der Waals surface area contributed by atoms with E-state index in [0.717, 1.165) is 82.5 Å². The van der Waals surface area contributed by atoms with Gasteiger partial charge in [0.15, 0.2) is 0 Å². The van der Waals surface area contributed by atoms with Crippen molar-refractivity contribution >= 4 is 78.7 Å². The Morgan fingerprint density at radius 2 is 1.00 bits per heavy atom. The van der Waals surface area contributed by atoms with Crippen LogP contribution < -0.4 is 0 Å². The number of carbonyl (C=O) groups excluding carboxylic acids is 2. The van der Waals surface area contributed by atoms with Gasteiger partial charge in [-0.3, -0.25) is 14.4 Å². The molecular formula is C48H79I3O6. The zero-order chi connectivity index (χ0) is 41.0. The number of aliphatic hydroxyl groups excluding tert-OH is 2. The Balaban J connectivity index is 0.000000206. The lowest BCUT2D eigenvalue weighted by Crippen LogP contribution is -2.57. The number of carboxylic acids is 1. The molecule has 0 heterocycles. The molecule has 8 rings (SSSR count). The molecule has 9 heteroatoms. The van der Waals surface area contributed by atoms with Crippen LogP contribution in [-0.4, -0.2) is 45.1 Å². The fraction of sp³-hybridized carbons (Fsp3) is 0.938. The normalized spacial score (nSPS) is 48.0. The summed E-state index contributed by atoms with van der Waals surface area (Å²) in [4.78, 5) is 37.7. The minimum absolute atomic E-state index is 0. The van der Waals surface area contributed by atoms with E-state index >= 15 is 0 Å². The minimum atomic E-state index is -0.698. The van der Waals surface area contributed by atoms with E-state index in [2.05, 4.69) is 85.7 Å². The Bertz CT molecular complexity index is 1430. The van der Waals surface area contributed by atoms with Gasteiger partial charge in [-0.05, 0) is 177 Å². The summed E-state index contributed by atoms with van der Waals surface area (Å²) in [5, 5.41) is 29.4. The number of ketones is 2. The molecule has 328 valence electrons. The van der Waals surface area contributed by atoms with Gasteiger partial charge in [0.05, 0.1) is 12.2 Å². The predicted molar refractivity (Wildman–Crippen MR) is 257 cm³/mol. The number of carbonyl (C=O) groups is 3. The molecule has 8 saturated carbocycles. The van der Waals surface area contributed by atoms with E-state index in [9.17, 15) is 24.6 Å². The lowest BCUT2D eigenvalue weighted by molar-refractivity contribution is -0.161. The van der Waals surface area contributed by atoms with Crippen LogP contribution in [-0.2, 0) is 14.4 Å². The molecular weight excluding hydrogens is 1050 g/mol. The first-order valence-electron chi connectivity index (χ1n) is 23.3. The second-order valence-corrected chi connectivity index (χ2v) is 22.2. The third-order valence-electron chi connectivity index (χ3n) is 20.0. The number of fused-ring (bicyclic) bond motifs is 10. The van der Waals surface area contributed by atoms with Gasteiger partial charge in [0.1, 0.15) is 11.6 Å². The molecule has 0 amide bonds. The maximum Gasteiger partial charge on any atom is 0.303 e. The molecule has 8 unspecified atom stereocenters. The molecule has 0 aliphatic heterocycles. The van der Waals surface area contributed by atoms with Crippen molar-refractivity contribution in [2.24, 2.45) is 92.7 Å². The monoisotopic (exact) mass is 1130 g/mol. The topological polar surface area (TPSA) is 112 Å². The van der Waals surface area contributed by atoms with Crippen LogP contribution in [0.15, 0.2) is 0 Å². The van der Waals surface area contributed by atoms with Crippen LogP contribution in [0.5, 0.6) is 0 Å². The van der Waals surface area contributed by atoms with Gasteiger partial charge in [-0.25, -0.2) is 0 Å². The van der Waals surface area contributed by atoms with E-state index in [4.69, 9.17) is 5.11 Å². The van der Waals surface area contributed by atoms with Gasteiger partial charge < -0.3 is 15.3 Å². The summed E-state index contributed by atoms with van der Waals surface area (Å²) in [5.41, 5.74) is 1.09. The fourth-order valence-electron chi connectivity index (χ4n) is 17.0. The number of halogens is 3. The zero-order valence-corrected chi connectivity index (χ0v) is 43.1. The zero-order valence-electron chi connectivity index (χ0n) is 36.5. The van der Waals surface area contributed by atoms with E-state index in [1.807, 2.05) is 0 Å². The summed E-state index contributed by atoms with van der Waals surface area (Å²) in [6, 6.07) is 0. The summed E-state index contributed by atoms with van der Waals surface area (Å²) < 4.78 is 0. The Kier molecular flexibility index (Phi) is 16.6. The molecule has 0 radical (unpaired) electrons. The molecule has 6 nitrogen and oxygen atoms in total. The highest BCUT2D eigenvalue weighted by Gasteiger charge is 2.64. The quantitative estimate of drug-likeness (QED) is 0.219. The standard InChI is InChI=1S/C24H38O4.C24H40O2.I2.HI/c1-14(4-7-21(27)28)17-5-6-18-22-19(9-11-24(17,18)3)23(2)10-8-16(25)12-15(23)13-20(22)26;1-5-6-15(2)18-7-8-19-22-20(10-12-24(18,19)4)23(3)11-9-17(25)13-16(23)14-21(22)26;1-2;/h14-19,22,25H,4-13H2,1-3H3,(H,27,28);15-20,22,25H,5-14H2,1-4H3;;1H/t14-,15+,16-,17?,18?,19?,22?,23+,24-;15-,16+,17-,18?,19?,20?,22?,23+,24-;;/m11../s1. The van der Waals surface area contributed by atoms with Crippen LogP contribution in [0, 0.1) is 92.7 Å². The van der Waals surface area contributed by atoms with Crippen molar-refractivity contribution in [2.75, 3.05) is 0 Å². The molecule has 8 aliphatic carbocycles. The third-order valence-corrected chi connectivity index (χ3v) is 20.0. The Hall–Kier alpha value is 0.920. The summed E-state index contributed by atoms with van der Waals surface area (Å²) in [6.45, 7) is 16.9. The molecule has 57 heavy (non-hydrogen) atoms. The van der Waals surface area contributed by atoms with Crippen molar-refractivity contribution in [3.05, 3.63) is 0 Å². The fourth-order valence-corrected chi connectivity index (χ4v) is 17.0. The van der Waals surface area contributed by atoms with Gasteiger partial charge >= 0.3 is 5.97 Å². The first-order valence-corrected chi connectivity index (χ1v) is 29.5. The van der Waals surface area contributed by atoms with Crippen LogP contribution in [0.1, 0.15) is 177 Å². The molecule has 0 aromatic rings. The molecule has 8 fully saturated rings. The molecule has 0 bridgehead atoms. The first-order chi connectivity index (χ1) is 26.5. The highest BCUT2D eigenvalue weighted by Crippen LogP contribution is 2.69. The van der Waals surface area contributed by atoms with Crippen LogP contribution in [0.4, 0.5) is 0 Å². The molecule has 18 atom stereocenters. The van der Waals surface area contributed by atoms with Crippen LogP contribution >= 0.6 is 61.2 Å². The van der Waals surface area contributed by atoms with Gasteiger partial charge in [-0.2, -0.15) is 0 Å². The highest BCUT2D eigenvalue weighted by molar-refractivity contribution is 15.0. The van der Waals surface area contributed by atoms with E-state index < -0.39 is 5.97 Å². The van der Waals surface area contributed by atoms with Crippen molar-refractivity contribution in [1.82, 2.24) is 0 Å². The first kappa shape index (κ1) is 48.9. The predicted octanol–water partition coefficient (Wildman–Crippen LogP) is 12.7. The van der Waals surface area contributed by atoms with Crippen molar-refractivity contribution in [1.29, 1.82) is 0 Å². The maximum atomic E-state index is 13.3. The van der Waals surface area contributed by atoms with E-state index in [-0.39, 0.29) is 59.4 Å². The number of hydrogen-bond acceptors (Lipinski definition) is 5. The second kappa shape index (κ2) is 19.3. The summed E-state index contributed by atoms with van der Waals surface area (Å²) >= 11 is 4.24. The van der Waals surface area contributed by atoms with E-state index in [1.165, 1.54) is 44.9 Å². The lowest BCUT2D eigenvalue weighted by Gasteiger charge is -2.60. The molecule has 0 aromatic carbocycles. The minimum Gasteiger partial charge on any atom is -0.481 e. The van der Waals surface area contributed by atoms with Gasteiger partial charge in [0.25, 0.3) is 0 Å². The largest absolute Gasteiger partial charge is 0.481 e. The summed E-state index contributed by atoms with van der Waals surface area (Å²) in [5.74, 6) is 6.40. The number of aliphatic carboxylic acids is 1. The number of hydrogen-bond donors (Lipinski definition) is 3. The number of rotatable bonds is 7. The molecule has 3 N–H and O–H groups in total. The van der Waals surface area contributed by atoms with Crippen LogP contribution in [0.25, 0.3) is 0 Å². The average Bonchev–Trinajstić information content (AvgIpc) is 3.70. The van der Waals surface area contributed by atoms with Gasteiger partial charge in [0.2, 0.25) is 0 Å². The smallest absolute Gasteiger partial charge is 0.303 e. The average molecular weight is 1130 g/mol. The van der Waals surface area contributed by atoms with Gasteiger partial charge in [0, 0.05) is 68.3 Å². The second-order valence-electron chi connectivity index (χ2n) is 22.2. The molecule has 0 spiro atoms. The van der Waals surface area contributed by atoms with Crippen molar-refractivity contribution in [2.45, 2.75) is 189 Å². The van der Waals surface area contributed by atoms with Crippen LogP contribution in [0.3, 0.4) is 0 Å². The Morgan fingerprint density at radius 3 is 1.39 bits per heavy atom. The number of Topliss-reactive ketones (excluding diaryl/α,β-unsaturated/α-hetero) is 2. The van der Waals surface area contributed by atoms with Crippen molar-refractivity contribution in [3.8, 4) is 0 Å². The van der Waals surface area contributed by atoms with Crippen LogP contribution in [0.2, 0.25) is 0 Å². The summed E-state index contributed by atoms with van der Waals surface area (Å²) in [6.07, 6.45) is 20.2. The Morgan fingerprint density at radius 1 is 0.632 bits per heavy atom. The lowest BCUT2D eigenvalue weighted by atomic mass is 9.44. The maximum absolute atomic E-state index is 13.3. The van der Waals surface area contributed by atoms with Gasteiger partial charge in [-0.1, -0.05) is 61.3 Å². The highest BCUT2D eigenvalue weighted by atomic mass is 128. The third kappa shape index (κ3) is 8.90. The Labute approximate surface area is 386 Å². The van der Waals surface area contributed by atoms with Crippen molar-refractivity contribution < 1.29 is 29.7 Å². The number of carboxylic acid groups (broad SMARTS) is 1. The van der Waals surface area contributed by atoms with Crippen molar-refractivity contribution in [3.63, 3.8) is 0 Å². The molecule has 8 aliphatic rings. The molecule has 0 saturated heterocycles. The molecule has 0 aromatic heterocycles. The number of aliphatic hydroxyl groups is 2.